The van der Waals surface area contributed by atoms with Gasteiger partial charge in [0.15, 0.2) is 11.4 Å². The predicted molar refractivity (Wildman–Crippen MR) is 115 cm³/mol. The fourth-order valence-corrected chi connectivity index (χ4v) is 3.00. The van der Waals surface area contributed by atoms with E-state index in [1.807, 2.05) is 6.07 Å². The van der Waals surface area contributed by atoms with E-state index in [1.165, 1.54) is 20.3 Å². The number of hydrogen-bond donors (Lipinski definition) is 2. The second kappa shape index (κ2) is 9.42. The Hall–Kier alpha value is -4.35. The number of nitrogens with one attached hydrogen (secondary N) is 2. The lowest BCUT2D eigenvalue weighted by atomic mass is 10.1. The number of aromatic nitrogens is 5. The number of rotatable bonds is 8. The molecule has 2 N–H and O–H groups in total. The molecule has 1 amide bonds. The molecule has 0 aromatic carbocycles. The average Bonchev–Trinajstić information content (AvgIpc) is 3.23. The van der Waals surface area contributed by atoms with Crippen molar-refractivity contribution < 1.29 is 23.0 Å². The van der Waals surface area contributed by atoms with E-state index in [2.05, 4.69) is 30.7 Å². The zero-order chi connectivity index (χ0) is 23.4. The lowest BCUT2D eigenvalue weighted by molar-refractivity contribution is 0.0887. The van der Waals surface area contributed by atoms with E-state index < -0.39 is 18.9 Å². The fourth-order valence-electron chi connectivity index (χ4n) is 3.00. The second-order valence-electron chi connectivity index (χ2n) is 6.73. The Bertz CT molecular complexity index is 1300. The molecule has 0 saturated heterocycles. The lowest BCUT2D eigenvalue weighted by Gasteiger charge is -2.08. The van der Waals surface area contributed by atoms with Crippen LogP contribution in [0.2, 0.25) is 0 Å². The summed E-state index contributed by atoms with van der Waals surface area (Å²) in [6.07, 6.45) is 0.794. The van der Waals surface area contributed by atoms with Gasteiger partial charge in [-0.3, -0.25) is 4.79 Å². The minimum absolute atomic E-state index is 0.00680. The highest BCUT2D eigenvalue weighted by Crippen LogP contribution is 2.30. The van der Waals surface area contributed by atoms with Crippen LogP contribution < -0.4 is 20.1 Å². The first-order chi connectivity index (χ1) is 16.0. The van der Waals surface area contributed by atoms with Crippen molar-refractivity contribution in [2.75, 3.05) is 26.1 Å². The smallest absolute Gasteiger partial charge is 0.270 e. The standard InChI is InChI=1S/C21H19F2N7O3/c1-32-15-8-13(9-25-20(15)33-2)12-6-7-18-28-21(29-30(18)11-12)27-17-5-3-4-14(26-17)19(31)24-10-16(22)23/h3-9,11,16H,10H2,1-2H3,(H,24,31)(H,26,27,29). The van der Waals surface area contributed by atoms with Crippen LogP contribution in [0.1, 0.15) is 10.5 Å². The third kappa shape index (κ3) is 4.95. The molecule has 170 valence electrons. The summed E-state index contributed by atoms with van der Waals surface area (Å²) in [7, 11) is 3.05. The van der Waals surface area contributed by atoms with Crippen LogP contribution in [-0.2, 0) is 0 Å². The van der Waals surface area contributed by atoms with Gasteiger partial charge in [0.05, 0.1) is 20.8 Å². The molecule has 0 spiro atoms. The molecule has 4 heterocycles. The van der Waals surface area contributed by atoms with Crippen LogP contribution in [0.5, 0.6) is 11.6 Å². The topological polar surface area (TPSA) is 116 Å². The maximum absolute atomic E-state index is 12.3. The zero-order valence-corrected chi connectivity index (χ0v) is 17.6. The van der Waals surface area contributed by atoms with Gasteiger partial charge in [-0.05, 0) is 30.3 Å². The van der Waals surface area contributed by atoms with Crippen molar-refractivity contribution in [3.05, 3.63) is 54.5 Å². The zero-order valence-electron chi connectivity index (χ0n) is 17.6. The number of nitrogens with zero attached hydrogens (tertiary/aromatic N) is 5. The van der Waals surface area contributed by atoms with E-state index >= 15 is 0 Å². The largest absolute Gasteiger partial charge is 0.491 e. The number of amides is 1. The number of ether oxygens (including phenoxy) is 2. The normalized spacial score (nSPS) is 10.9. The Kier molecular flexibility index (Phi) is 6.24. The number of pyridine rings is 3. The first kappa shape index (κ1) is 21.9. The van der Waals surface area contributed by atoms with E-state index in [1.54, 1.807) is 41.2 Å². The van der Waals surface area contributed by atoms with Crippen molar-refractivity contribution >= 4 is 23.3 Å². The van der Waals surface area contributed by atoms with Gasteiger partial charge in [-0.2, -0.15) is 4.98 Å². The summed E-state index contributed by atoms with van der Waals surface area (Å²) in [5.41, 5.74) is 2.18. The maximum atomic E-state index is 12.3. The van der Waals surface area contributed by atoms with Crippen molar-refractivity contribution in [2.24, 2.45) is 0 Å². The molecule has 0 unspecified atom stereocenters. The van der Waals surface area contributed by atoms with Gasteiger partial charge in [0.1, 0.15) is 11.5 Å². The van der Waals surface area contributed by atoms with Gasteiger partial charge in [-0.25, -0.2) is 23.3 Å². The molecule has 0 atom stereocenters. The van der Waals surface area contributed by atoms with Crippen LogP contribution in [0.4, 0.5) is 20.5 Å². The Morgan fingerprint density at radius 3 is 2.73 bits per heavy atom. The molecule has 0 bridgehead atoms. The van der Waals surface area contributed by atoms with Gasteiger partial charge in [-0.1, -0.05) is 6.07 Å². The van der Waals surface area contributed by atoms with Crippen LogP contribution in [0.3, 0.4) is 0 Å². The molecule has 4 aromatic rings. The van der Waals surface area contributed by atoms with Gasteiger partial charge in [-0.15, -0.1) is 5.10 Å². The number of fused-ring (bicyclic) bond motifs is 1. The summed E-state index contributed by atoms with van der Waals surface area (Å²) in [6, 6.07) is 10.1. The highest BCUT2D eigenvalue weighted by Gasteiger charge is 2.13. The maximum Gasteiger partial charge on any atom is 0.270 e. The third-order valence-corrected chi connectivity index (χ3v) is 4.53. The lowest BCUT2D eigenvalue weighted by Crippen LogP contribution is -2.29. The molecular formula is C21H19F2N7O3. The summed E-state index contributed by atoms with van der Waals surface area (Å²) in [5.74, 6) is 0.719. The SMILES string of the molecule is COc1cc(-c2ccc3nc(Nc4cccc(C(=O)NCC(F)F)n4)nn3c2)cnc1OC. The second-order valence-corrected chi connectivity index (χ2v) is 6.73. The molecule has 0 aliphatic heterocycles. The Morgan fingerprint density at radius 2 is 1.97 bits per heavy atom. The summed E-state index contributed by atoms with van der Waals surface area (Å²) in [4.78, 5) is 24.7. The molecule has 33 heavy (non-hydrogen) atoms. The van der Waals surface area contributed by atoms with E-state index in [0.29, 0.717) is 23.1 Å². The van der Waals surface area contributed by atoms with Crippen LogP contribution in [0.25, 0.3) is 16.8 Å². The van der Waals surface area contributed by atoms with E-state index in [0.717, 1.165) is 11.1 Å². The molecule has 0 aliphatic carbocycles. The van der Waals surface area contributed by atoms with E-state index in [4.69, 9.17) is 9.47 Å². The molecule has 4 aromatic heterocycles. The van der Waals surface area contributed by atoms with Crippen LogP contribution in [0.15, 0.2) is 48.8 Å². The summed E-state index contributed by atoms with van der Waals surface area (Å²) < 4.78 is 36.7. The van der Waals surface area contributed by atoms with Gasteiger partial charge in [0.25, 0.3) is 18.2 Å². The molecular weight excluding hydrogens is 436 g/mol. The van der Waals surface area contributed by atoms with Gasteiger partial charge >= 0.3 is 0 Å². The number of hydrogen-bond acceptors (Lipinski definition) is 8. The van der Waals surface area contributed by atoms with Crippen molar-refractivity contribution in [3.8, 4) is 22.8 Å². The Balaban J connectivity index is 1.55. The molecule has 0 saturated carbocycles. The third-order valence-electron chi connectivity index (χ3n) is 4.53. The van der Waals surface area contributed by atoms with Gasteiger partial charge < -0.3 is 20.1 Å². The molecule has 0 radical (unpaired) electrons. The van der Waals surface area contributed by atoms with Crippen LogP contribution >= 0.6 is 0 Å². The van der Waals surface area contributed by atoms with Crippen LogP contribution in [-0.4, -0.2) is 57.7 Å². The molecule has 0 aliphatic rings. The van der Waals surface area contributed by atoms with Crippen LogP contribution in [0, 0.1) is 0 Å². The summed E-state index contributed by atoms with van der Waals surface area (Å²) in [6.45, 7) is -0.746. The quantitative estimate of drug-likeness (QED) is 0.417. The number of carbonyl (C=O) groups is 1. The van der Waals surface area contributed by atoms with Crippen molar-refractivity contribution in [2.45, 2.75) is 6.43 Å². The first-order valence-electron chi connectivity index (χ1n) is 9.72. The van der Waals surface area contributed by atoms with E-state index in [-0.39, 0.29) is 11.6 Å². The average molecular weight is 455 g/mol. The molecule has 12 heteroatoms. The molecule has 0 fully saturated rings. The summed E-state index contributed by atoms with van der Waals surface area (Å²) in [5, 5.41) is 9.41. The van der Waals surface area contributed by atoms with Gasteiger partial charge in [0.2, 0.25) is 5.95 Å². The highest BCUT2D eigenvalue weighted by atomic mass is 19.3. The predicted octanol–water partition coefficient (Wildman–Crippen LogP) is 2.94. The minimum atomic E-state index is -2.64. The number of halogens is 2. The van der Waals surface area contributed by atoms with E-state index in [9.17, 15) is 13.6 Å². The Morgan fingerprint density at radius 1 is 1.12 bits per heavy atom. The molecule has 4 rings (SSSR count). The number of carbonyl (C=O) groups excluding carboxylic acids is 1. The van der Waals surface area contributed by atoms with Crippen molar-refractivity contribution in [1.29, 1.82) is 0 Å². The van der Waals surface area contributed by atoms with Gasteiger partial charge in [0, 0.05) is 23.5 Å². The minimum Gasteiger partial charge on any atom is -0.491 e. The van der Waals surface area contributed by atoms with Crippen molar-refractivity contribution in [3.63, 3.8) is 0 Å². The summed E-state index contributed by atoms with van der Waals surface area (Å²) >= 11 is 0. The number of methoxy groups -OCH3 is 2. The Labute approximate surface area is 186 Å². The number of alkyl halides is 2. The first-order valence-corrected chi connectivity index (χ1v) is 9.72. The van der Waals surface area contributed by atoms with Crippen molar-refractivity contribution in [1.82, 2.24) is 29.9 Å². The fraction of sp³-hybridized carbons (Fsp3) is 0.190. The molecule has 10 nitrogen and oxygen atoms in total. The number of anilines is 2. The highest BCUT2D eigenvalue weighted by molar-refractivity contribution is 5.92. The monoisotopic (exact) mass is 455 g/mol.